The summed E-state index contributed by atoms with van der Waals surface area (Å²) in [7, 11) is -1.75. The molecular formula is C11H17BrN2O3S3. The Labute approximate surface area is 136 Å². The third-order valence-corrected chi connectivity index (χ3v) is 7.86. The first-order valence-electron chi connectivity index (χ1n) is 6.15. The highest BCUT2D eigenvalue weighted by atomic mass is 79.9. The molecule has 2 heterocycles. The first-order chi connectivity index (χ1) is 9.53. The first-order valence-corrected chi connectivity index (χ1v) is 10.6. The summed E-state index contributed by atoms with van der Waals surface area (Å²) in [4.78, 5) is 0.163. The summed E-state index contributed by atoms with van der Waals surface area (Å²) in [5.41, 5.74) is 0. The first kappa shape index (κ1) is 16.7. The number of furan rings is 1. The number of nitrogens with one attached hydrogen (secondary N) is 2. The van der Waals surface area contributed by atoms with E-state index in [1.807, 2.05) is 23.5 Å². The molecule has 0 radical (unpaired) electrons. The molecular weight excluding hydrogens is 384 g/mol. The van der Waals surface area contributed by atoms with Crippen molar-refractivity contribution >= 4 is 49.5 Å². The molecule has 2 N–H and O–H groups in total. The summed E-state index contributed by atoms with van der Waals surface area (Å²) >= 11 is 6.86. The van der Waals surface area contributed by atoms with Gasteiger partial charge in [0.25, 0.3) is 0 Å². The SMILES string of the molecule is CNCc1cc(S(=O)(=O)NCC2CSCCS2)c(Br)o1. The molecule has 0 saturated carbocycles. The van der Waals surface area contributed by atoms with Crippen LogP contribution in [-0.4, -0.2) is 44.5 Å². The van der Waals surface area contributed by atoms with E-state index in [9.17, 15) is 8.42 Å². The van der Waals surface area contributed by atoms with Crippen LogP contribution in [0.25, 0.3) is 0 Å². The topological polar surface area (TPSA) is 71.3 Å². The maximum Gasteiger partial charge on any atom is 0.245 e. The van der Waals surface area contributed by atoms with Crippen LogP contribution in [0.4, 0.5) is 0 Å². The van der Waals surface area contributed by atoms with Gasteiger partial charge in [-0.2, -0.15) is 23.5 Å². The molecule has 0 aliphatic carbocycles. The van der Waals surface area contributed by atoms with E-state index >= 15 is 0 Å². The number of hydrogen-bond acceptors (Lipinski definition) is 6. The fourth-order valence-electron chi connectivity index (χ4n) is 1.78. The fraction of sp³-hybridized carbons (Fsp3) is 0.636. The Balaban J connectivity index is 2.01. The summed E-state index contributed by atoms with van der Waals surface area (Å²) in [5.74, 6) is 3.81. The van der Waals surface area contributed by atoms with Gasteiger partial charge in [-0.15, -0.1) is 0 Å². The highest BCUT2D eigenvalue weighted by molar-refractivity contribution is 9.10. The summed E-state index contributed by atoms with van der Waals surface area (Å²) in [6.07, 6.45) is 0. The van der Waals surface area contributed by atoms with Gasteiger partial charge in [0, 0.05) is 35.1 Å². The minimum absolute atomic E-state index is 0.163. The van der Waals surface area contributed by atoms with Crippen LogP contribution in [-0.2, 0) is 16.6 Å². The Bertz CT molecular complexity index is 541. The highest BCUT2D eigenvalue weighted by Crippen LogP contribution is 2.27. The lowest BCUT2D eigenvalue weighted by Gasteiger charge is -2.20. The normalized spacial score (nSPS) is 20.2. The molecule has 1 aromatic rings. The van der Waals surface area contributed by atoms with Gasteiger partial charge in [-0.3, -0.25) is 0 Å². The molecule has 1 aliphatic rings. The van der Waals surface area contributed by atoms with E-state index in [1.54, 1.807) is 13.1 Å². The zero-order chi connectivity index (χ0) is 14.6. The predicted octanol–water partition coefficient (Wildman–Crippen LogP) is 1.89. The number of thioether (sulfide) groups is 2. The van der Waals surface area contributed by atoms with Crippen LogP contribution < -0.4 is 10.0 Å². The van der Waals surface area contributed by atoms with E-state index in [1.165, 1.54) is 0 Å². The molecule has 20 heavy (non-hydrogen) atoms. The van der Waals surface area contributed by atoms with Gasteiger partial charge in [-0.1, -0.05) is 0 Å². The van der Waals surface area contributed by atoms with Crippen LogP contribution >= 0.6 is 39.5 Å². The summed E-state index contributed by atoms with van der Waals surface area (Å²) in [6.45, 7) is 0.947. The van der Waals surface area contributed by atoms with Gasteiger partial charge in [-0.25, -0.2) is 13.1 Å². The smallest absolute Gasteiger partial charge is 0.245 e. The van der Waals surface area contributed by atoms with Crippen LogP contribution in [0.1, 0.15) is 5.76 Å². The predicted molar refractivity (Wildman–Crippen MR) is 87.9 cm³/mol. The van der Waals surface area contributed by atoms with E-state index in [0.717, 1.165) is 17.3 Å². The van der Waals surface area contributed by atoms with Crippen molar-refractivity contribution in [2.24, 2.45) is 0 Å². The average molecular weight is 401 g/mol. The third kappa shape index (κ3) is 4.41. The number of hydrogen-bond donors (Lipinski definition) is 2. The zero-order valence-electron chi connectivity index (χ0n) is 11.0. The molecule has 0 aromatic carbocycles. The van der Waals surface area contributed by atoms with E-state index in [-0.39, 0.29) is 9.56 Å². The minimum atomic E-state index is -3.53. The van der Waals surface area contributed by atoms with E-state index in [2.05, 4.69) is 26.0 Å². The molecule has 9 heteroatoms. The Morgan fingerprint density at radius 2 is 2.30 bits per heavy atom. The van der Waals surface area contributed by atoms with Gasteiger partial charge in [0.1, 0.15) is 10.7 Å². The monoisotopic (exact) mass is 400 g/mol. The molecule has 1 unspecified atom stereocenters. The Morgan fingerprint density at radius 3 is 2.95 bits per heavy atom. The number of rotatable bonds is 6. The Kier molecular flexibility index (Phi) is 6.30. The van der Waals surface area contributed by atoms with Crippen molar-refractivity contribution in [3.8, 4) is 0 Å². The van der Waals surface area contributed by atoms with E-state index in [0.29, 0.717) is 24.1 Å². The highest BCUT2D eigenvalue weighted by Gasteiger charge is 2.24. The average Bonchev–Trinajstić information content (AvgIpc) is 2.80. The number of halogens is 1. The van der Waals surface area contributed by atoms with Crippen molar-refractivity contribution in [2.75, 3.05) is 30.9 Å². The molecule has 0 spiro atoms. The lowest BCUT2D eigenvalue weighted by atomic mass is 10.4. The molecule has 1 aromatic heterocycles. The van der Waals surface area contributed by atoms with Crippen LogP contribution in [0, 0.1) is 0 Å². The van der Waals surface area contributed by atoms with Crippen molar-refractivity contribution in [1.82, 2.24) is 10.0 Å². The molecule has 5 nitrogen and oxygen atoms in total. The van der Waals surface area contributed by atoms with Crippen molar-refractivity contribution in [2.45, 2.75) is 16.7 Å². The summed E-state index contributed by atoms with van der Waals surface area (Å²) in [6, 6.07) is 1.55. The molecule has 2 rings (SSSR count). The van der Waals surface area contributed by atoms with Crippen LogP contribution in [0.3, 0.4) is 0 Å². The van der Waals surface area contributed by atoms with Crippen molar-refractivity contribution in [3.05, 3.63) is 16.5 Å². The molecule has 1 saturated heterocycles. The fourth-order valence-corrected chi connectivity index (χ4v) is 6.57. The zero-order valence-corrected chi connectivity index (χ0v) is 15.1. The van der Waals surface area contributed by atoms with Gasteiger partial charge in [-0.05, 0) is 23.0 Å². The molecule has 1 fully saturated rings. The summed E-state index contributed by atoms with van der Waals surface area (Å²) in [5, 5.41) is 3.26. The maximum absolute atomic E-state index is 12.3. The van der Waals surface area contributed by atoms with Gasteiger partial charge in [0.15, 0.2) is 4.67 Å². The van der Waals surface area contributed by atoms with Gasteiger partial charge in [0.2, 0.25) is 10.0 Å². The van der Waals surface area contributed by atoms with Crippen LogP contribution in [0.2, 0.25) is 0 Å². The van der Waals surface area contributed by atoms with Crippen molar-refractivity contribution in [1.29, 1.82) is 0 Å². The van der Waals surface area contributed by atoms with Gasteiger partial charge >= 0.3 is 0 Å². The van der Waals surface area contributed by atoms with E-state index < -0.39 is 10.0 Å². The van der Waals surface area contributed by atoms with Crippen molar-refractivity contribution < 1.29 is 12.8 Å². The van der Waals surface area contributed by atoms with Crippen LogP contribution in [0.5, 0.6) is 0 Å². The summed E-state index contributed by atoms with van der Waals surface area (Å²) < 4.78 is 32.8. The van der Waals surface area contributed by atoms with Gasteiger partial charge in [0.05, 0.1) is 6.54 Å². The second-order valence-electron chi connectivity index (χ2n) is 4.30. The number of sulfonamides is 1. The minimum Gasteiger partial charge on any atom is -0.452 e. The largest absolute Gasteiger partial charge is 0.452 e. The lowest BCUT2D eigenvalue weighted by Crippen LogP contribution is -2.33. The molecule has 114 valence electrons. The molecule has 1 atom stereocenters. The quantitative estimate of drug-likeness (QED) is 0.759. The Morgan fingerprint density at radius 1 is 1.50 bits per heavy atom. The third-order valence-electron chi connectivity index (χ3n) is 2.73. The second kappa shape index (κ2) is 7.55. The Hall–Kier alpha value is 0.330. The van der Waals surface area contributed by atoms with Crippen LogP contribution in [0.15, 0.2) is 20.0 Å². The van der Waals surface area contributed by atoms with E-state index in [4.69, 9.17) is 4.42 Å². The molecule has 0 bridgehead atoms. The van der Waals surface area contributed by atoms with Crippen molar-refractivity contribution in [3.63, 3.8) is 0 Å². The molecule has 1 aliphatic heterocycles. The molecule has 0 amide bonds. The lowest BCUT2D eigenvalue weighted by molar-refractivity contribution is 0.470. The maximum atomic E-state index is 12.3. The van der Waals surface area contributed by atoms with Gasteiger partial charge < -0.3 is 9.73 Å². The second-order valence-corrected chi connectivity index (χ2v) is 9.31. The standard InChI is InChI=1S/C11H17BrN2O3S3/c1-13-5-8-4-10(11(12)17-8)20(15,16)14-6-9-7-18-2-3-19-9/h4,9,13-14H,2-3,5-7H2,1H3.